The minimum absolute atomic E-state index is 0. The van der Waals surface area contributed by atoms with Gasteiger partial charge in [0.1, 0.15) is 0 Å². The molecular formula is C14H22ClN3O3S. The average molecular weight is 348 g/mol. The molecule has 0 saturated heterocycles. The van der Waals surface area contributed by atoms with Crippen LogP contribution in [0.15, 0.2) is 23.1 Å². The monoisotopic (exact) mass is 347 g/mol. The minimum Gasteiger partial charge on any atom is -0.352 e. The van der Waals surface area contributed by atoms with Crippen LogP contribution in [0.3, 0.4) is 0 Å². The fourth-order valence-corrected chi connectivity index (χ4v) is 3.45. The lowest BCUT2D eigenvalue weighted by molar-refractivity contribution is 0.0945. The Hall–Kier alpha value is -1.15. The Kier molecular flexibility index (Phi) is 6.80. The van der Waals surface area contributed by atoms with Gasteiger partial charge in [0.25, 0.3) is 5.91 Å². The Morgan fingerprint density at radius 2 is 2.09 bits per heavy atom. The van der Waals surface area contributed by atoms with Gasteiger partial charge in [0.15, 0.2) is 0 Å². The summed E-state index contributed by atoms with van der Waals surface area (Å²) in [4.78, 5) is 11.9. The van der Waals surface area contributed by atoms with Crippen molar-refractivity contribution in [2.45, 2.75) is 31.2 Å². The zero-order valence-electron chi connectivity index (χ0n) is 12.7. The van der Waals surface area contributed by atoms with Crippen LogP contribution in [-0.4, -0.2) is 40.0 Å². The molecule has 1 aliphatic heterocycles. The van der Waals surface area contributed by atoms with Crippen LogP contribution in [0, 0.1) is 0 Å². The molecule has 1 aromatic rings. The van der Waals surface area contributed by atoms with Crippen LogP contribution in [0.1, 0.15) is 29.8 Å². The standard InChI is InChI=1S/C14H21N3O3S.ClH/c1-3-15-10(2)9-17-21(19,20)12-5-4-11-6-7-16-14(18)13(11)8-12;/h4-5,8,10,15,17H,3,6-7,9H2,1-2H3,(H,16,18);1H/t10-;/m1./s1. The van der Waals surface area contributed by atoms with Gasteiger partial charge < -0.3 is 10.6 Å². The fourth-order valence-electron chi connectivity index (χ4n) is 2.30. The summed E-state index contributed by atoms with van der Waals surface area (Å²) in [6, 6.07) is 4.77. The number of rotatable bonds is 6. The van der Waals surface area contributed by atoms with Gasteiger partial charge in [-0.2, -0.15) is 0 Å². The van der Waals surface area contributed by atoms with Crippen molar-refractivity contribution >= 4 is 28.3 Å². The molecule has 0 unspecified atom stereocenters. The molecule has 0 radical (unpaired) electrons. The van der Waals surface area contributed by atoms with Crippen LogP contribution in [-0.2, 0) is 16.4 Å². The van der Waals surface area contributed by atoms with Gasteiger partial charge in [0.05, 0.1) is 4.90 Å². The molecule has 6 nitrogen and oxygen atoms in total. The lowest BCUT2D eigenvalue weighted by Gasteiger charge is -2.18. The summed E-state index contributed by atoms with van der Waals surface area (Å²) in [6.07, 6.45) is 0.728. The number of hydrogen-bond donors (Lipinski definition) is 3. The van der Waals surface area contributed by atoms with E-state index in [0.717, 1.165) is 18.5 Å². The molecule has 22 heavy (non-hydrogen) atoms. The number of fused-ring (bicyclic) bond motifs is 1. The summed E-state index contributed by atoms with van der Waals surface area (Å²) in [7, 11) is -3.60. The zero-order chi connectivity index (χ0) is 15.5. The number of hydrogen-bond acceptors (Lipinski definition) is 4. The molecule has 0 aliphatic carbocycles. The predicted molar refractivity (Wildman–Crippen MR) is 88.1 cm³/mol. The third kappa shape index (κ3) is 4.42. The SMILES string of the molecule is CCN[C@H](C)CNS(=O)(=O)c1ccc2c(c1)C(=O)NCC2.Cl. The first kappa shape index (κ1) is 18.9. The second kappa shape index (κ2) is 7.92. The van der Waals surface area contributed by atoms with E-state index >= 15 is 0 Å². The van der Waals surface area contributed by atoms with Crippen LogP contribution in [0.5, 0.6) is 0 Å². The number of halogens is 1. The van der Waals surface area contributed by atoms with E-state index in [1.165, 1.54) is 6.07 Å². The maximum absolute atomic E-state index is 12.3. The lowest BCUT2D eigenvalue weighted by Crippen LogP contribution is -2.39. The largest absolute Gasteiger partial charge is 0.352 e. The van der Waals surface area contributed by atoms with Crippen LogP contribution >= 0.6 is 12.4 Å². The van der Waals surface area contributed by atoms with Gasteiger partial charge in [0, 0.05) is 24.7 Å². The van der Waals surface area contributed by atoms with Crippen molar-refractivity contribution < 1.29 is 13.2 Å². The van der Waals surface area contributed by atoms with E-state index in [-0.39, 0.29) is 29.3 Å². The van der Waals surface area contributed by atoms with Gasteiger partial charge in [-0.05, 0) is 37.6 Å². The van der Waals surface area contributed by atoms with E-state index in [1.54, 1.807) is 12.1 Å². The van der Waals surface area contributed by atoms with Gasteiger partial charge in [0.2, 0.25) is 10.0 Å². The summed E-state index contributed by atoms with van der Waals surface area (Å²) in [5.74, 6) is -0.214. The number of sulfonamides is 1. The third-order valence-corrected chi connectivity index (χ3v) is 4.87. The first-order valence-corrected chi connectivity index (χ1v) is 8.56. The van der Waals surface area contributed by atoms with Crippen molar-refractivity contribution in [1.82, 2.24) is 15.4 Å². The van der Waals surface area contributed by atoms with Crippen molar-refractivity contribution in [2.24, 2.45) is 0 Å². The number of nitrogens with one attached hydrogen (secondary N) is 3. The van der Waals surface area contributed by atoms with Crippen molar-refractivity contribution in [3.8, 4) is 0 Å². The molecule has 1 amide bonds. The molecular weight excluding hydrogens is 326 g/mol. The van der Waals surface area contributed by atoms with Crippen molar-refractivity contribution in [3.05, 3.63) is 29.3 Å². The molecule has 0 aromatic heterocycles. The van der Waals surface area contributed by atoms with Crippen LogP contribution < -0.4 is 15.4 Å². The highest BCUT2D eigenvalue weighted by Gasteiger charge is 2.21. The minimum atomic E-state index is -3.60. The molecule has 3 N–H and O–H groups in total. The number of benzene rings is 1. The smallest absolute Gasteiger partial charge is 0.251 e. The highest BCUT2D eigenvalue weighted by Crippen LogP contribution is 2.19. The van der Waals surface area contributed by atoms with Gasteiger partial charge in [-0.25, -0.2) is 13.1 Å². The van der Waals surface area contributed by atoms with E-state index in [4.69, 9.17) is 0 Å². The maximum Gasteiger partial charge on any atom is 0.251 e. The van der Waals surface area contributed by atoms with Crippen LogP contribution in [0.2, 0.25) is 0 Å². The topological polar surface area (TPSA) is 87.3 Å². The summed E-state index contributed by atoms with van der Waals surface area (Å²) >= 11 is 0. The van der Waals surface area contributed by atoms with E-state index in [9.17, 15) is 13.2 Å². The molecule has 124 valence electrons. The molecule has 0 bridgehead atoms. The molecule has 0 saturated carbocycles. The highest BCUT2D eigenvalue weighted by atomic mass is 35.5. The van der Waals surface area contributed by atoms with Crippen LogP contribution in [0.4, 0.5) is 0 Å². The van der Waals surface area contributed by atoms with Crippen molar-refractivity contribution in [2.75, 3.05) is 19.6 Å². The Balaban J connectivity index is 0.00000242. The second-order valence-corrected chi connectivity index (χ2v) is 6.90. The molecule has 0 spiro atoms. The number of carbonyl (C=O) groups excluding carboxylic acids is 1. The normalized spacial score (nSPS) is 15.5. The number of likely N-dealkylation sites (N-methyl/N-ethyl adjacent to an activating group) is 1. The molecule has 1 atom stereocenters. The predicted octanol–water partition coefficient (Wildman–Crippen LogP) is 0.671. The molecule has 1 heterocycles. The van der Waals surface area contributed by atoms with Gasteiger partial charge in [-0.3, -0.25) is 4.79 Å². The Morgan fingerprint density at radius 3 is 2.77 bits per heavy atom. The van der Waals surface area contributed by atoms with Crippen LogP contribution in [0.25, 0.3) is 0 Å². The molecule has 1 aliphatic rings. The summed E-state index contributed by atoms with van der Waals surface area (Å²) in [5, 5.41) is 5.86. The average Bonchev–Trinajstić information content (AvgIpc) is 2.46. The van der Waals surface area contributed by atoms with Gasteiger partial charge in [-0.1, -0.05) is 13.0 Å². The Morgan fingerprint density at radius 1 is 1.36 bits per heavy atom. The van der Waals surface area contributed by atoms with Gasteiger partial charge in [-0.15, -0.1) is 12.4 Å². The number of carbonyl (C=O) groups is 1. The first-order chi connectivity index (χ1) is 9.94. The van der Waals surface area contributed by atoms with E-state index in [1.807, 2.05) is 13.8 Å². The maximum atomic E-state index is 12.3. The summed E-state index contributed by atoms with van der Waals surface area (Å²) in [5.41, 5.74) is 1.34. The van der Waals surface area contributed by atoms with Gasteiger partial charge >= 0.3 is 0 Å². The Labute approximate surface area is 137 Å². The van der Waals surface area contributed by atoms with Crippen molar-refractivity contribution in [3.63, 3.8) is 0 Å². The van der Waals surface area contributed by atoms with E-state index in [0.29, 0.717) is 18.7 Å². The van der Waals surface area contributed by atoms with Crippen molar-refractivity contribution in [1.29, 1.82) is 0 Å². The molecule has 8 heteroatoms. The molecule has 2 rings (SSSR count). The highest BCUT2D eigenvalue weighted by molar-refractivity contribution is 7.89. The Bertz CT molecular complexity index is 634. The lowest BCUT2D eigenvalue weighted by atomic mass is 10.0. The second-order valence-electron chi connectivity index (χ2n) is 5.14. The zero-order valence-corrected chi connectivity index (χ0v) is 14.3. The third-order valence-electron chi connectivity index (χ3n) is 3.45. The summed E-state index contributed by atoms with van der Waals surface area (Å²) in [6.45, 7) is 5.55. The quantitative estimate of drug-likeness (QED) is 0.706. The first-order valence-electron chi connectivity index (χ1n) is 7.08. The van der Waals surface area contributed by atoms with E-state index < -0.39 is 10.0 Å². The summed E-state index contributed by atoms with van der Waals surface area (Å²) < 4.78 is 27.1. The molecule has 1 aromatic carbocycles. The fraction of sp³-hybridized carbons (Fsp3) is 0.500. The number of amides is 1. The molecule has 0 fully saturated rings. The van der Waals surface area contributed by atoms with E-state index in [2.05, 4.69) is 15.4 Å².